The minimum absolute atomic E-state index is 0.0522. The monoisotopic (exact) mass is 726 g/mol. The molecule has 3 amide bonds. The summed E-state index contributed by atoms with van der Waals surface area (Å²) < 4.78 is 7.16. The number of H-pyrrole nitrogens is 1. The summed E-state index contributed by atoms with van der Waals surface area (Å²) in [5.41, 5.74) is 14.7. The predicted molar refractivity (Wildman–Crippen MR) is 200 cm³/mol. The lowest BCUT2D eigenvalue weighted by molar-refractivity contribution is -0.118. The van der Waals surface area contributed by atoms with E-state index >= 15 is 0 Å². The molecule has 0 fully saturated rings. The van der Waals surface area contributed by atoms with Crippen LogP contribution in [0, 0.1) is 0 Å². The van der Waals surface area contributed by atoms with Crippen molar-refractivity contribution in [2.24, 2.45) is 23.5 Å². The molecule has 0 bridgehead atoms. The van der Waals surface area contributed by atoms with Crippen molar-refractivity contribution >= 4 is 75.2 Å². The topological polar surface area (TPSA) is 198 Å². The van der Waals surface area contributed by atoms with Crippen molar-refractivity contribution in [1.82, 2.24) is 19.9 Å². The Balaban J connectivity index is 1.45. The minimum atomic E-state index is -0.905. The number of nitrogens with two attached hydrogens (primary N) is 2. The molecule has 0 saturated heterocycles. The summed E-state index contributed by atoms with van der Waals surface area (Å²) in [6, 6.07) is 13.6. The van der Waals surface area contributed by atoms with Gasteiger partial charge in [0.2, 0.25) is 5.91 Å². The van der Waals surface area contributed by atoms with Crippen LogP contribution in [0.1, 0.15) is 44.0 Å². The van der Waals surface area contributed by atoms with Crippen LogP contribution in [0.5, 0.6) is 0 Å². The highest BCUT2D eigenvalue weighted by atomic mass is 35.5. The minimum Gasteiger partial charge on any atom is -0.444 e. The molecule has 16 heteroatoms. The van der Waals surface area contributed by atoms with Gasteiger partial charge in [-0.15, -0.1) is 23.2 Å². The van der Waals surface area contributed by atoms with E-state index in [1.54, 1.807) is 55.8 Å². The zero-order chi connectivity index (χ0) is 36.4. The van der Waals surface area contributed by atoms with E-state index in [1.807, 2.05) is 31.3 Å². The molecule has 14 nitrogen and oxygen atoms in total. The summed E-state index contributed by atoms with van der Waals surface area (Å²) in [5, 5.41) is 8.45. The fourth-order valence-corrected chi connectivity index (χ4v) is 5.53. The van der Waals surface area contributed by atoms with Gasteiger partial charge in [0.05, 0.1) is 22.4 Å². The van der Waals surface area contributed by atoms with Gasteiger partial charge in [0.15, 0.2) is 11.8 Å². The fourth-order valence-electron chi connectivity index (χ4n) is 5.12. The molecule has 1 atom stereocenters. The van der Waals surface area contributed by atoms with Crippen LogP contribution >= 0.6 is 23.2 Å². The third-order valence-corrected chi connectivity index (χ3v) is 7.75. The molecule has 0 aliphatic rings. The van der Waals surface area contributed by atoms with Gasteiger partial charge in [0.25, 0.3) is 5.91 Å². The van der Waals surface area contributed by atoms with Crippen LogP contribution in [0.2, 0.25) is 0 Å². The number of amides is 3. The molecule has 2 aromatic heterocycles. The number of aliphatic imine (C=N–C) groups is 1. The average molecular weight is 728 g/mol. The third kappa shape index (κ3) is 10.8. The van der Waals surface area contributed by atoms with Gasteiger partial charge >= 0.3 is 6.09 Å². The number of hydrogen-bond donors (Lipinski definition) is 6. The van der Waals surface area contributed by atoms with E-state index in [-0.39, 0.29) is 18.3 Å². The number of carbonyl (C=O) groups is 3. The fraction of sp³-hybridized carbons (Fsp3) is 0.382. The van der Waals surface area contributed by atoms with Crippen molar-refractivity contribution in [1.29, 1.82) is 0 Å². The molecule has 4 rings (SSSR count). The van der Waals surface area contributed by atoms with E-state index in [4.69, 9.17) is 44.4 Å². The van der Waals surface area contributed by atoms with Gasteiger partial charge in [-0.1, -0.05) is 0 Å². The molecule has 0 aliphatic heterocycles. The second-order valence-corrected chi connectivity index (χ2v) is 13.3. The van der Waals surface area contributed by atoms with E-state index in [0.29, 0.717) is 77.3 Å². The number of ether oxygens (including phenoxy) is 1. The highest BCUT2D eigenvalue weighted by Gasteiger charge is 2.25. The first-order chi connectivity index (χ1) is 23.8. The number of anilines is 3. The zero-order valence-corrected chi connectivity index (χ0v) is 30.1. The number of nitrogens with one attached hydrogen (secondary N) is 4. The highest BCUT2D eigenvalue weighted by molar-refractivity contribution is 6.18. The molecule has 0 saturated carbocycles. The smallest absolute Gasteiger partial charge is 0.408 e. The van der Waals surface area contributed by atoms with E-state index in [1.165, 1.54) is 0 Å². The SMILES string of the molecule is Cn1cc(NC(=O)[C@H](CCCN=C(N)N)NC(=O)OC(C)(C)C)cc1-c1nc2ccc(C(=O)Nc3ccc(N(CCCl)CCCl)cc3)cc2[nH]1. The Hall–Kier alpha value is -4.95. The molecule has 0 radical (unpaired) electrons. The molecule has 50 heavy (non-hydrogen) atoms. The molecular weight excluding hydrogens is 683 g/mol. The lowest BCUT2D eigenvalue weighted by Crippen LogP contribution is -2.45. The second-order valence-electron chi connectivity index (χ2n) is 12.5. The van der Waals surface area contributed by atoms with Crippen LogP contribution in [0.25, 0.3) is 22.6 Å². The van der Waals surface area contributed by atoms with Gasteiger partial charge in [0.1, 0.15) is 11.6 Å². The number of carbonyl (C=O) groups excluding carboxylic acids is 3. The van der Waals surface area contributed by atoms with Gasteiger partial charge in [-0.05, 0) is 82.1 Å². The summed E-state index contributed by atoms with van der Waals surface area (Å²) in [7, 11) is 1.82. The number of guanidine groups is 1. The first kappa shape index (κ1) is 37.9. The lowest BCUT2D eigenvalue weighted by atomic mass is 10.1. The Morgan fingerprint density at radius 1 is 1.02 bits per heavy atom. The van der Waals surface area contributed by atoms with E-state index in [9.17, 15) is 14.4 Å². The predicted octanol–water partition coefficient (Wildman–Crippen LogP) is 4.99. The number of fused-ring (bicyclic) bond motifs is 1. The summed E-state index contributed by atoms with van der Waals surface area (Å²) in [6.07, 6.45) is 1.74. The van der Waals surface area contributed by atoms with E-state index in [0.717, 1.165) is 5.69 Å². The van der Waals surface area contributed by atoms with Crippen LogP contribution in [0.3, 0.4) is 0 Å². The summed E-state index contributed by atoms with van der Waals surface area (Å²) >= 11 is 11.9. The van der Waals surface area contributed by atoms with E-state index in [2.05, 4.69) is 30.8 Å². The van der Waals surface area contributed by atoms with Crippen LogP contribution in [0.15, 0.2) is 59.7 Å². The first-order valence-corrected chi connectivity index (χ1v) is 17.1. The van der Waals surface area contributed by atoms with Crippen LogP contribution in [-0.4, -0.2) is 81.4 Å². The highest BCUT2D eigenvalue weighted by Crippen LogP contribution is 2.26. The normalized spacial score (nSPS) is 11.9. The summed E-state index contributed by atoms with van der Waals surface area (Å²) in [4.78, 5) is 53.0. The van der Waals surface area contributed by atoms with Crippen molar-refractivity contribution in [3.63, 3.8) is 0 Å². The number of benzene rings is 2. The number of hydrogen-bond acceptors (Lipinski definition) is 7. The Labute approximate surface area is 300 Å². The average Bonchev–Trinajstić information content (AvgIpc) is 3.63. The first-order valence-electron chi connectivity index (χ1n) is 16.1. The molecule has 0 spiro atoms. The van der Waals surface area contributed by atoms with Crippen molar-refractivity contribution < 1.29 is 19.1 Å². The quantitative estimate of drug-likeness (QED) is 0.0426. The number of alkyl halides is 2. The molecule has 2 aromatic carbocycles. The van der Waals surface area contributed by atoms with Gasteiger partial charge < -0.3 is 46.6 Å². The molecule has 0 unspecified atom stereocenters. The molecule has 8 N–H and O–H groups in total. The molecule has 4 aromatic rings. The van der Waals surface area contributed by atoms with Gasteiger partial charge in [-0.25, -0.2) is 9.78 Å². The molecule has 0 aliphatic carbocycles. The summed E-state index contributed by atoms with van der Waals surface area (Å²) in [6.45, 7) is 6.85. The number of aromatic nitrogens is 3. The maximum atomic E-state index is 13.3. The lowest BCUT2D eigenvalue weighted by Gasteiger charge is -2.23. The maximum absolute atomic E-state index is 13.3. The number of alkyl carbamates (subject to hydrolysis) is 1. The van der Waals surface area contributed by atoms with Gasteiger partial charge in [-0.2, -0.15) is 0 Å². The maximum Gasteiger partial charge on any atom is 0.408 e. The Kier molecular flexibility index (Phi) is 13.0. The number of aryl methyl sites for hydroxylation is 1. The standard InChI is InChI=1S/C34H44Cl2N10O4/c1-34(2,3)50-33(49)44-26(6-5-15-39-32(37)38)31(48)41-23-19-28(45(4)20-23)29-42-25-12-7-21(18-27(25)43-29)30(47)40-22-8-10-24(11-9-22)46(16-13-35)17-14-36/h7-12,18-20,26H,5-6,13-17H2,1-4H3,(H,40,47)(H,41,48)(H,42,43)(H,44,49)(H4,37,38,39)/t26-/m0/s1. The van der Waals surface area contributed by atoms with Crippen molar-refractivity contribution in [2.75, 3.05) is 46.9 Å². The van der Waals surface area contributed by atoms with Gasteiger partial charge in [-0.3, -0.25) is 14.6 Å². The Morgan fingerprint density at radius 2 is 1.72 bits per heavy atom. The van der Waals surface area contributed by atoms with Crippen molar-refractivity contribution in [3.8, 4) is 11.5 Å². The Bertz CT molecular complexity index is 1800. The van der Waals surface area contributed by atoms with Crippen LogP contribution in [-0.2, 0) is 16.6 Å². The van der Waals surface area contributed by atoms with Crippen LogP contribution in [0.4, 0.5) is 21.9 Å². The van der Waals surface area contributed by atoms with Crippen LogP contribution < -0.4 is 32.3 Å². The second kappa shape index (κ2) is 17.1. The van der Waals surface area contributed by atoms with E-state index < -0.39 is 23.6 Å². The summed E-state index contributed by atoms with van der Waals surface area (Å²) in [5.74, 6) is 0.739. The number of rotatable bonds is 15. The third-order valence-electron chi connectivity index (χ3n) is 7.41. The molecular formula is C34H44Cl2N10O4. The number of imidazole rings is 1. The van der Waals surface area contributed by atoms with Gasteiger partial charge in [0, 0.05) is 61.6 Å². The van der Waals surface area contributed by atoms with Crippen molar-refractivity contribution in [3.05, 3.63) is 60.3 Å². The molecule has 268 valence electrons. The largest absolute Gasteiger partial charge is 0.444 e. The number of nitrogens with zero attached hydrogens (tertiary/aromatic N) is 4. The Morgan fingerprint density at radius 3 is 2.36 bits per heavy atom. The molecule has 2 heterocycles. The zero-order valence-electron chi connectivity index (χ0n) is 28.6. The number of halogens is 2. The number of aromatic amines is 1. The van der Waals surface area contributed by atoms with Crippen molar-refractivity contribution in [2.45, 2.75) is 45.3 Å².